The average Bonchev–Trinajstić information content (AvgIpc) is 2.34. The molecule has 0 amide bonds. The molecule has 1 aromatic rings. The maximum absolute atomic E-state index is 5.35. The van der Waals surface area contributed by atoms with E-state index in [0.717, 1.165) is 25.7 Å². The van der Waals surface area contributed by atoms with Crippen LogP contribution in [0.4, 0.5) is 0 Å². The highest BCUT2D eigenvalue weighted by Crippen LogP contribution is 2.03. The van der Waals surface area contributed by atoms with Gasteiger partial charge in [-0.05, 0) is 31.2 Å². The fourth-order valence-corrected chi connectivity index (χ4v) is 1.54. The molecule has 0 aliphatic carbocycles. The lowest BCUT2D eigenvalue weighted by atomic mass is 10.1. The number of rotatable bonds is 7. The minimum atomic E-state index is 0.651. The third-order valence-electron chi connectivity index (χ3n) is 2.41. The molecule has 0 aliphatic heterocycles. The molecule has 0 saturated carbocycles. The van der Waals surface area contributed by atoms with Crippen LogP contribution in [0.1, 0.15) is 24.8 Å². The Morgan fingerprint density at radius 3 is 2.12 bits per heavy atom. The Hall–Kier alpha value is -1.34. The second kappa shape index (κ2) is 8.93. The summed E-state index contributed by atoms with van der Waals surface area (Å²) in [6, 6.07) is 10.6. The molecule has 0 fully saturated rings. The maximum Gasteiger partial charge on any atom is 0.0106 e. The molecule has 2 N–H and O–H groups in total. The van der Waals surface area contributed by atoms with Crippen molar-refractivity contribution in [2.45, 2.75) is 25.7 Å². The van der Waals surface area contributed by atoms with Gasteiger partial charge in [-0.2, -0.15) is 0 Å². The van der Waals surface area contributed by atoms with Gasteiger partial charge in [0.25, 0.3) is 0 Å². The number of hydrogen-bond donors (Lipinski definition) is 1. The van der Waals surface area contributed by atoms with Gasteiger partial charge < -0.3 is 5.73 Å². The van der Waals surface area contributed by atoms with Crippen molar-refractivity contribution in [3.05, 3.63) is 60.2 Å². The van der Waals surface area contributed by atoms with Crippen molar-refractivity contribution in [2.75, 3.05) is 6.54 Å². The van der Waals surface area contributed by atoms with Crippen LogP contribution in [-0.4, -0.2) is 6.54 Å². The van der Waals surface area contributed by atoms with Gasteiger partial charge in [0.15, 0.2) is 0 Å². The van der Waals surface area contributed by atoms with Crippen LogP contribution in [0.5, 0.6) is 0 Å². The Balaban J connectivity index is 2.07. The van der Waals surface area contributed by atoms with Crippen molar-refractivity contribution in [1.29, 1.82) is 0 Å². The van der Waals surface area contributed by atoms with Gasteiger partial charge in [0.1, 0.15) is 0 Å². The van der Waals surface area contributed by atoms with E-state index in [4.69, 9.17) is 5.73 Å². The first kappa shape index (κ1) is 12.7. The summed E-state index contributed by atoms with van der Waals surface area (Å²) in [5.74, 6) is 0. The van der Waals surface area contributed by atoms with Crippen LogP contribution in [-0.2, 0) is 6.42 Å². The lowest BCUT2D eigenvalue weighted by Crippen LogP contribution is -1.91. The van der Waals surface area contributed by atoms with Gasteiger partial charge in [0.2, 0.25) is 0 Å². The Kier molecular flexibility index (Phi) is 7.10. The maximum atomic E-state index is 5.35. The van der Waals surface area contributed by atoms with Crippen LogP contribution in [0.3, 0.4) is 0 Å². The fraction of sp³-hybridized carbons (Fsp3) is 0.333. The Morgan fingerprint density at radius 1 is 0.812 bits per heavy atom. The van der Waals surface area contributed by atoms with Gasteiger partial charge >= 0.3 is 0 Å². The second-order valence-corrected chi connectivity index (χ2v) is 3.78. The fourth-order valence-electron chi connectivity index (χ4n) is 1.54. The van der Waals surface area contributed by atoms with Crippen molar-refractivity contribution < 1.29 is 0 Å². The molecule has 16 heavy (non-hydrogen) atoms. The minimum absolute atomic E-state index is 0.651. The smallest absolute Gasteiger partial charge is 0.0106 e. The third kappa shape index (κ3) is 6.20. The zero-order valence-corrected chi connectivity index (χ0v) is 9.81. The largest absolute Gasteiger partial charge is 0.327 e. The first-order chi connectivity index (χ1) is 7.93. The topological polar surface area (TPSA) is 26.0 Å². The van der Waals surface area contributed by atoms with Gasteiger partial charge in [0, 0.05) is 6.54 Å². The standard InChI is InChI=1S/C15H21N/c16-14-10-5-3-1-2-4-7-11-15-12-8-6-9-13-15/h2,4-6,8-10,12-13H,1,3,7,11,14,16H2. The van der Waals surface area contributed by atoms with Gasteiger partial charge in [0.05, 0.1) is 0 Å². The summed E-state index contributed by atoms with van der Waals surface area (Å²) in [6.45, 7) is 0.651. The number of hydrogen-bond acceptors (Lipinski definition) is 1. The number of aryl methyl sites for hydroxylation is 1. The Labute approximate surface area is 98.7 Å². The first-order valence-electron chi connectivity index (χ1n) is 5.97. The molecule has 0 aromatic heterocycles. The molecule has 0 unspecified atom stereocenters. The lowest BCUT2D eigenvalue weighted by molar-refractivity contribution is 0.975. The molecule has 0 atom stereocenters. The van der Waals surface area contributed by atoms with E-state index in [1.54, 1.807) is 0 Å². The molecule has 0 heterocycles. The quantitative estimate of drug-likeness (QED) is 0.547. The van der Waals surface area contributed by atoms with Crippen molar-refractivity contribution >= 4 is 0 Å². The van der Waals surface area contributed by atoms with E-state index in [1.807, 2.05) is 6.08 Å². The summed E-state index contributed by atoms with van der Waals surface area (Å²) in [7, 11) is 0. The van der Waals surface area contributed by atoms with E-state index >= 15 is 0 Å². The predicted octanol–water partition coefficient (Wildman–Crippen LogP) is 3.47. The number of allylic oxidation sites excluding steroid dienone is 3. The third-order valence-corrected chi connectivity index (χ3v) is 2.41. The van der Waals surface area contributed by atoms with E-state index in [9.17, 15) is 0 Å². The van der Waals surface area contributed by atoms with Crippen LogP contribution >= 0.6 is 0 Å². The molecule has 1 aromatic carbocycles. The van der Waals surface area contributed by atoms with Crippen LogP contribution in [0, 0.1) is 0 Å². The first-order valence-corrected chi connectivity index (χ1v) is 5.97. The van der Waals surface area contributed by atoms with Crippen molar-refractivity contribution in [1.82, 2.24) is 0 Å². The summed E-state index contributed by atoms with van der Waals surface area (Å²) >= 11 is 0. The molecule has 1 nitrogen and oxygen atoms in total. The molecule has 1 rings (SSSR count). The van der Waals surface area contributed by atoms with Crippen LogP contribution in [0.2, 0.25) is 0 Å². The highest BCUT2D eigenvalue weighted by molar-refractivity contribution is 5.15. The minimum Gasteiger partial charge on any atom is -0.327 e. The van der Waals surface area contributed by atoms with Crippen molar-refractivity contribution in [3.63, 3.8) is 0 Å². The van der Waals surface area contributed by atoms with E-state index in [0.29, 0.717) is 6.54 Å². The van der Waals surface area contributed by atoms with E-state index in [2.05, 4.69) is 48.6 Å². The predicted molar refractivity (Wildman–Crippen MR) is 71.3 cm³/mol. The number of nitrogens with two attached hydrogens (primary N) is 1. The molecular formula is C15H21N. The number of unbranched alkanes of at least 4 members (excludes halogenated alkanes) is 1. The summed E-state index contributed by atoms with van der Waals surface area (Å²) in [4.78, 5) is 0. The van der Waals surface area contributed by atoms with E-state index < -0.39 is 0 Å². The van der Waals surface area contributed by atoms with E-state index in [1.165, 1.54) is 5.56 Å². The molecule has 0 aliphatic rings. The molecule has 86 valence electrons. The van der Waals surface area contributed by atoms with Crippen LogP contribution < -0.4 is 5.73 Å². The van der Waals surface area contributed by atoms with Gasteiger partial charge in [-0.3, -0.25) is 0 Å². The van der Waals surface area contributed by atoms with Crippen molar-refractivity contribution in [3.8, 4) is 0 Å². The molecule has 0 saturated heterocycles. The molecule has 0 spiro atoms. The Morgan fingerprint density at radius 2 is 1.44 bits per heavy atom. The normalized spacial score (nSPS) is 11.6. The average molecular weight is 215 g/mol. The zero-order chi connectivity index (χ0) is 11.5. The van der Waals surface area contributed by atoms with Crippen LogP contribution in [0.25, 0.3) is 0 Å². The highest BCUT2D eigenvalue weighted by atomic mass is 14.5. The zero-order valence-electron chi connectivity index (χ0n) is 9.81. The summed E-state index contributed by atoms with van der Waals surface area (Å²) in [5, 5.41) is 0. The van der Waals surface area contributed by atoms with Gasteiger partial charge in [-0.1, -0.05) is 54.6 Å². The molecule has 0 radical (unpaired) electrons. The second-order valence-electron chi connectivity index (χ2n) is 3.78. The monoisotopic (exact) mass is 215 g/mol. The Bertz CT molecular complexity index is 311. The van der Waals surface area contributed by atoms with Gasteiger partial charge in [-0.15, -0.1) is 0 Å². The summed E-state index contributed by atoms with van der Waals surface area (Å²) in [5.41, 5.74) is 6.76. The van der Waals surface area contributed by atoms with Crippen molar-refractivity contribution in [2.24, 2.45) is 5.73 Å². The number of benzene rings is 1. The molecule has 0 bridgehead atoms. The lowest BCUT2D eigenvalue weighted by Gasteiger charge is -1.96. The molecular weight excluding hydrogens is 194 g/mol. The SMILES string of the molecule is NCC=CCCC=CCCc1ccccc1. The summed E-state index contributed by atoms with van der Waals surface area (Å²) < 4.78 is 0. The van der Waals surface area contributed by atoms with Crippen LogP contribution in [0.15, 0.2) is 54.6 Å². The molecule has 1 heteroatoms. The highest BCUT2D eigenvalue weighted by Gasteiger charge is 1.87. The summed E-state index contributed by atoms with van der Waals surface area (Å²) in [6.07, 6.45) is 13.2. The van der Waals surface area contributed by atoms with E-state index in [-0.39, 0.29) is 0 Å². The van der Waals surface area contributed by atoms with Gasteiger partial charge in [-0.25, -0.2) is 0 Å².